The lowest BCUT2D eigenvalue weighted by atomic mass is 10.0. The van der Waals surface area contributed by atoms with Crippen LogP contribution in [-0.2, 0) is 4.79 Å². The quantitative estimate of drug-likeness (QED) is 0.652. The maximum absolute atomic E-state index is 11.7. The van der Waals surface area contributed by atoms with Crippen LogP contribution < -0.4 is 10.2 Å². The van der Waals surface area contributed by atoms with E-state index in [4.69, 9.17) is 4.74 Å². The monoisotopic (exact) mass is 316 g/mol. The molecular weight excluding hydrogens is 296 g/mol. The largest absolute Gasteiger partial charge is 0.484 e. The molecule has 0 aliphatic heterocycles. The molecule has 1 heterocycles. The Bertz CT molecular complexity index is 645. The lowest BCUT2D eigenvalue weighted by Gasteiger charge is -2.08. The van der Waals surface area contributed by atoms with Crippen LogP contribution >= 0.6 is 11.3 Å². The van der Waals surface area contributed by atoms with Crippen LogP contribution in [0.1, 0.15) is 35.8 Å². The Morgan fingerprint density at radius 3 is 2.64 bits per heavy atom. The molecule has 116 valence electrons. The average molecular weight is 316 g/mol. The Morgan fingerprint density at radius 1 is 1.32 bits per heavy atom. The van der Waals surface area contributed by atoms with Gasteiger partial charge in [0.15, 0.2) is 6.61 Å². The standard InChI is InChI=1S/C17H20N2O2S/c1-12(2)14-4-6-15(7-5-14)21-11-17(20)19-18-10-16-13(3)8-9-22-16/h4-10,12H,11H2,1-3H3,(H,19,20). The minimum atomic E-state index is -0.279. The van der Waals surface area contributed by atoms with Crippen LogP contribution in [0.2, 0.25) is 0 Å². The molecule has 0 radical (unpaired) electrons. The van der Waals surface area contributed by atoms with E-state index >= 15 is 0 Å². The predicted molar refractivity (Wildman–Crippen MR) is 90.8 cm³/mol. The number of nitrogens with zero attached hydrogens (tertiary/aromatic N) is 1. The van der Waals surface area contributed by atoms with Gasteiger partial charge in [0.1, 0.15) is 5.75 Å². The molecule has 1 aromatic carbocycles. The molecule has 0 aliphatic rings. The van der Waals surface area contributed by atoms with Crippen LogP contribution in [0.25, 0.3) is 0 Å². The second kappa shape index (κ2) is 7.75. The molecule has 2 aromatic rings. The van der Waals surface area contributed by atoms with E-state index in [9.17, 15) is 4.79 Å². The average Bonchev–Trinajstić information content (AvgIpc) is 2.91. The minimum Gasteiger partial charge on any atom is -0.484 e. The number of hydrazone groups is 1. The van der Waals surface area contributed by atoms with E-state index in [0.717, 1.165) is 10.4 Å². The molecule has 4 nitrogen and oxygen atoms in total. The summed E-state index contributed by atoms with van der Waals surface area (Å²) in [5, 5.41) is 5.92. The van der Waals surface area contributed by atoms with Crippen molar-refractivity contribution in [3.8, 4) is 5.75 Å². The summed E-state index contributed by atoms with van der Waals surface area (Å²) >= 11 is 1.58. The molecule has 22 heavy (non-hydrogen) atoms. The van der Waals surface area contributed by atoms with Crippen LogP contribution in [0.3, 0.4) is 0 Å². The van der Waals surface area contributed by atoms with Gasteiger partial charge in [0.2, 0.25) is 0 Å². The van der Waals surface area contributed by atoms with Crippen molar-refractivity contribution in [3.05, 3.63) is 51.7 Å². The fraction of sp³-hybridized carbons (Fsp3) is 0.294. The van der Waals surface area contributed by atoms with Crippen LogP contribution in [0.4, 0.5) is 0 Å². The molecule has 0 saturated carbocycles. The Balaban J connectivity index is 1.78. The molecule has 2 rings (SSSR count). The first-order valence-corrected chi connectivity index (χ1v) is 8.03. The van der Waals surface area contributed by atoms with Crippen molar-refractivity contribution >= 4 is 23.5 Å². The third-order valence-corrected chi connectivity index (χ3v) is 4.14. The zero-order chi connectivity index (χ0) is 15.9. The highest BCUT2D eigenvalue weighted by molar-refractivity contribution is 7.11. The number of benzene rings is 1. The van der Waals surface area contributed by atoms with Gasteiger partial charge in [-0.3, -0.25) is 4.79 Å². The van der Waals surface area contributed by atoms with Gasteiger partial charge in [-0.15, -0.1) is 11.3 Å². The fourth-order valence-corrected chi connectivity index (χ4v) is 2.60. The molecule has 0 atom stereocenters. The predicted octanol–water partition coefficient (Wildman–Crippen LogP) is 3.71. The first-order chi connectivity index (χ1) is 10.6. The van der Waals surface area contributed by atoms with Crippen molar-refractivity contribution in [1.29, 1.82) is 0 Å². The number of carbonyl (C=O) groups excluding carboxylic acids is 1. The van der Waals surface area contributed by atoms with Crippen LogP contribution in [0.15, 0.2) is 40.8 Å². The summed E-state index contributed by atoms with van der Waals surface area (Å²) in [7, 11) is 0. The van der Waals surface area contributed by atoms with E-state index in [2.05, 4.69) is 24.4 Å². The molecule has 5 heteroatoms. The van der Waals surface area contributed by atoms with E-state index in [-0.39, 0.29) is 12.5 Å². The molecule has 0 unspecified atom stereocenters. The maximum Gasteiger partial charge on any atom is 0.277 e. The number of thiophene rings is 1. The molecular formula is C17H20N2O2S. The highest BCUT2D eigenvalue weighted by atomic mass is 32.1. The van der Waals surface area contributed by atoms with E-state index in [0.29, 0.717) is 11.7 Å². The minimum absolute atomic E-state index is 0.0538. The Labute approximate surface area is 134 Å². The van der Waals surface area contributed by atoms with Gasteiger partial charge in [0, 0.05) is 4.88 Å². The summed E-state index contributed by atoms with van der Waals surface area (Å²) in [6.45, 7) is 6.22. The van der Waals surface area contributed by atoms with Gasteiger partial charge in [-0.2, -0.15) is 5.10 Å². The van der Waals surface area contributed by atoms with Gasteiger partial charge >= 0.3 is 0 Å². The highest BCUT2D eigenvalue weighted by Crippen LogP contribution is 2.18. The highest BCUT2D eigenvalue weighted by Gasteiger charge is 2.03. The molecule has 0 aliphatic carbocycles. The van der Waals surface area contributed by atoms with E-state index in [1.807, 2.05) is 42.6 Å². The summed E-state index contributed by atoms with van der Waals surface area (Å²) < 4.78 is 5.43. The summed E-state index contributed by atoms with van der Waals surface area (Å²) in [5.41, 5.74) is 4.85. The third kappa shape index (κ3) is 4.70. The number of aryl methyl sites for hydroxylation is 1. The molecule has 0 fully saturated rings. The van der Waals surface area contributed by atoms with Gasteiger partial charge < -0.3 is 4.74 Å². The van der Waals surface area contributed by atoms with Crippen molar-refractivity contribution in [2.24, 2.45) is 5.10 Å². The Hall–Kier alpha value is -2.14. The van der Waals surface area contributed by atoms with Gasteiger partial charge in [0.05, 0.1) is 6.21 Å². The number of carbonyl (C=O) groups is 1. The van der Waals surface area contributed by atoms with E-state index < -0.39 is 0 Å². The second-order valence-electron chi connectivity index (χ2n) is 5.27. The van der Waals surface area contributed by atoms with Gasteiger partial charge in [0.25, 0.3) is 5.91 Å². The summed E-state index contributed by atoms with van der Waals surface area (Å²) in [5.74, 6) is 0.878. The molecule has 1 aromatic heterocycles. The van der Waals surface area contributed by atoms with Gasteiger partial charge in [-0.05, 0) is 47.5 Å². The van der Waals surface area contributed by atoms with Crippen LogP contribution in [0, 0.1) is 6.92 Å². The molecule has 0 bridgehead atoms. The molecule has 0 spiro atoms. The van der Waals surface area contributed by atoms with Gasteiger partial charge in [-0.1, -0.05) is 26.0 Å². The van der Waals surface area contributed by atoms with Crippen molar-refractivity contribution in [3.63, 3.8) is 0 Å². The normalized spacial score (nSPS) is 11.1. The van der Waals surface area contributed by atoms with E-state index in [1.165, 1.54) is 5.56 Å². The molecule has 0 saturated heterocycles. The first kappa shape index (κ1) is 16.2. The zero-order valence-corrected chi connectivity index (χ0v) is 13.8. The summed E-state index contributed by atoms with van der Waals surface area (Å²) in [6.07, 6.45) is 1.65. The second-order valence-corrected chi connectivity index (χ2v) is 6.22. The van der Waals surface area contributed by atoms with E-state index in [1.54, 1.807) is 17.6 Å². The number of hydrogen-bond acceptors (Lipinski definition) is 4. The van der Waals surface area contributed by atoms with Crippen molar-refractivity contribution in [1.82, 2.24) is 5.43 Å². The molecule has 1 amide bonds. The number of rotatable bonds is 6. The molecule has 1 N–H and O–H groups in total. The van der Waals surface area contributed by atoms with Crippen molar-refractivity contribution < 1.29 is 9.53 Å². The van der Waals surface area contributed by atoms with Crippen molar-refractivity contribution in [2.75, 3.05) is 6.61 Å². The number of ether oxygens (including phenoxy) is 1. The Morgan fingerprint density at radius 2 is 2.05 bits per heavy atom. The number of amides is 1. The lowest BCUT2D eigenvalue weighted by molar-refractivity contribution is -0.123. The summed E-state index contributed by atoms with van der Waals surface area (Å²) in [4.78, 5) is 12.7. The zero-order valence-electron chi connectivity index (χ0n) is 13.0. The first-order valence-electron chi connectivity index (χ1n) is 7.15. The SMILES string of the molecule is Cc1ccsc1C=NNC(=O)COc1ccc(C(C)C)cc1. The van der Waals surface area contributed by atoms with Crippen molar-refractivity contribution in [2.45, 2.75) is 26.7 Å². The number of hydrogen-bond donors (Lipinski definition) is 1. The Kier molecular flexibility index (Phi) is 5.72. The topological polar surface area (TPSA) is 50.7 Å². The van der Waals surface area contributed by atoms with Gasteiger partial charge in [-0.25, -0.2) is 5.43 Å². The number of nitrogens with one attached hydrogen (secondary N) is 1. The maximum atomic E-state index is 11.7. The fourth-order valence-electron chi connectivity index (χ4n) is 1.81. The van der Waals surface area contributed by atoms with Crippen LogP contribution in [-0.4, -0.2) is 18.7 Å². The van der Waals surface area contributed by atoms with Crippen LogP contribution in [0.5, 0.6) is 5.75 Å². The third-order valence-electron chi connectivity index (χ3n) is 3.19. The summed E-state index contributed by atoms with van der Waals surface area (Å²) in [6, 6.07) is 9.78. The smallest absolute Gasteiger partial charge is 0.277 e. The lowest BCUT2D eigenvalue weighted by Crippen LogP contribution is -2.24.